The zero-order valence-corrected chi connectivity index (χ0v) is 18.0. The third-order valence-corrected chi connectivity index (χ3v) is 5.42. The van der Waals surface area contributed by atoms with Gasteiger partial charge in [-0.2, -0.15) is 0 Å². The lowest BCUT2D eigenvalue weighted by Gasteiger charge is -2.26. The summed E-state index contributed by atoms with van der Waals surface area (Å²) in [5.41, 5.74) is 3.12. The van der Waals surface area contributed by atoms with Gasteiger partial charge in [0.1, 0.15) is 5.57 Å². The van der Waals surface area contributed by atoms with Gasteiger partial charge in [0.25, 0.3) is 17.5 Å². The number of barbiturate groups is 1. The molecule has 4 amide bonds. The number of anilines is 1. The molecule has 4 rings (SSSR count). The van der Waals surface area contributed by atoms with Crippen LogP contribution < -0.4 is 10.2 Å². The average Bonchev–Trinajstić information content (AvgIpc) is 3.05. The average molecular weight is 445 g/mol. The molecule has 0 aliphatic carbocycles. The van der Waals surface area contributed by atoms with Crippen molar-refractivity contribution in [1.29, 1.82) is 0 Å². The number of nitrogens with zero attached hydrogens (tertiary/aromatic N) is 4. The van der Waals surface area contributed by atoms with Crippen molar-refractivity contribution in [3.63, 3.8) is 0 Å². The molecule has 166 valence electrons. The van der Waals surface area contributed by atoms with Gasteiger partial charge in [0.2, 0.25) is 0 Å². The molecule has 0 unspecified atom stereocenters. The predicted molar refractivity (Wildman–Crippen MR) is 120 cm³/mol. The first-order valence-corrected chi connectivity index (χ1v) is 9.95. The summed E-state index contributed by atoms with van der Waals surface area (Å²) in [6.45, 7) is 5.25. The highest BCUT2D eigenvalue weighted by Crippen LogP contribution is 2.28. The fourth-order valence-electron chi connectivity index (χ4n) is 3.80. The number of aryl methyl sites for hydroxylation is 2. The second-order valence-electron chi connectivity index (χ2n) is 7.56. The van der Waals surface area contributed by atoms with Crippen LogP contribution >= 0.6 is 0 Å². The zero-order valence-electron chi connectivity index (χ0n) is 18.0. The largest absolute Gasteiger partial charge is 0.336 e. The SMILES string of the molecule is Cc1ccc(-n2c(C)cc(/C=C3\C(=O)NC(=O)N(c4cccnc4)C3=O)c2C)cc1[N+](=O)[O-]. The van der Waals surface area contributed by atoms with Crippen LogP contribution in [0.3, 0.4) is 0 Å². The molecule has 1 N–H and O–H groups in total. The maximum atomic E-state index is 13.0. The minimum atomic E-state index is -0.854. The summed E-state index contributed by atoms with van der Waals surface area (Å²) < 4.78 is 1.80. The van der Waals surface area contributed by atoms with Crippen molar-refractivity contribution in [2.24, 2.45) is 0 Å². The van der Waals surface area contributed by atoms with Crippen LogP contribution in [0.2, 0.25) is 0 Å². The van der Waals surface area contributed by atoms with E-state index in [0.717, 1.165) is 10.6 Å². The smallest absolute Gasteiger partial charge is 0.318 e. The van der Waals surface area contributed by atoms with E-state index in [1.807, 2.05) is 6.92 Å². The Kier molecular flexibility index (Phi) is 5.34. The first-order chi connectivity index (χ1) is 15.7. The molecule has 1 aliphatic heterocycles. The Balaban J connectivity index is 1.78. The van der Waals surface area contributed by atoms with Crippen molar-refractivity contribution >= 4 is 35.3 Å². The number of benzene rings is 1. The molecule has 33 heavy (non-hydrogen) atoms. The van der Waals surface area contributed by atoms with Crippen LogP contribution in [0.1, 0.15) is 22.5 Å². The van der Waals surface area contributed by atoms with E-state index in [9.17, 15) is 24.5 Å². The van der Waals surface area contributed by atoms with Crippen molar-refractivity contribution in [3.05, 3.63) is 87.0 Å². The number of pyridine rings is 1. The Hall–Kier alpha value is -4.60. The number of aromatic nitrogens is 2. The highest BCUT2D eigenvalue weighted by atomic mass is 16.6. The third-order valence-electron chi connectivity index (χ3n) is 5.42. The van der Waals surface area contributed by atoms with Crippen LogP contribution in [0.5, 0.6) is 0 Å². The number of hydrogen-bond donors (Lipinski definition) is 1. The maximum Gasteiger partial charge on any atom is 0.336 e. The van der Waals surface area contributed by atoms with Gasteiger partial charge in [-0.15, -0.1) is 0 Å². The summed E-state index contributed by atoms with van der Waals surface area (Å²) in [6, 6.07) is 8.93. The number of nitro groups is 1. The van der Waals surface area contributed by atoms with Gasteiger partial charge >= 0.3 is 6.03 Å². The second-order valence-corrected chi connectivity index (χ2v) is 7.56. The van der Waals surface area contributed by atoms with E-state index < -0.39 is 22.8 Å². The molecule has 0 radical (unpaired) electrons. The van der Waals surface area contributed by atoms with Gasteiger partial charge in [-0.1, -0.05) is 6.07 Å². The normalized spacial score (nSPS) is 15.2. The molecule has 1 fully saturated rings. The van der Waals surface area contributed by atoms with Gasteiger partial charge in [0.05, 0.1) is 22.5 Å². The van der Waals surface area contributed by atoms with Crippen LogP contribution in [-0.4, -0.2) is 32.3 Å². The van der Waals surface area contributed by atoms with Gasteiger partial charge in [-0.25, -0.2) is 9.69 Å². The van der Waals surface area contributed by atoms with E-state index in [0.29, 0.717) is 22.5 Å². The number of urea groups is 1. The molecular weight excluding hydrogens is 426 g/mol. The lowest BCUT2D eigenvalue weighted by molar-refractivity contribution is -0.385. The summed E-state index contributed by atoms with van der Waals surface area (Å²) in [7, 11) is 0. The number of rotatable bonds is 4. The number of imide groups is 2. The van der Waals surface area contributed by atoms with Crippen molar-refractivity contribution in [3.8, 4) is 5.69 Å². The molecule has 3 heterocycles. The molecule has 1 saturated heterocycles. The highest BCUT2D eigenvalue weighted by molar-refractivity contribution is 6.39. The van der Waals surface area contributed by atoms with E-state index in [4.69, 9.17) is 0 Å². The van der Waals surface area contributed by atoms with Gasteiger partial charge in [0, 0.05) is 29.2 Å². The number of nitrogens with one attached hydrogen (secondary N) is 1. The molecule has 1 aliphatic rings. The lowest BCUT2D eigenvalue weighted by Crippen LogP contribution is -2.54. The highest BCUT2D eigenvalue weighted by Gasteiger charge is 2.37. The quantitative estimate of drug-likeness (QED) is 0.284. The van der Waals surface area contributed by atoms with Crippen LogP contribution in [0.15, 0.2) is 54.4 Å². The summed E-state index contributed by atoms with van der Waals surface area (Å²) in [5, 5.41) is 13.5. The molecule has 10 nitrogen and oxygen atoms in total. The summed E-state index contributed by atoms with van der Waals surface area (Å²) in [5.74, 6) is -1.58. The fourth-order valence-corrected chi connectivity index (χ4v) is 3.80. The van der Waals surface area contributed by atoms with E-state index in [1.54, 1.807) is 42.7 Å². The minimum absolute atomic E-state index is 0.00707. The van der Waals surface area contributed by atoms with Crippen molar-refractivity contribution in [1.82, 2.24) is 14.9 Å². The number of carbonyl (C=O) groups excluding carboxylic acids is 3. The van der Waals surface area contributed by atoms with Crippen LogP contribution in [0.25, 0.3) is 11.8 Å². The number of carbonyl (C=O) groups is 3. The van der Waals surface area contributed by atoms with Gasteiger partial charge < -0.3 is 4.57 Å². The minimum Gasteiger partial charge on any atom is -0.318 e. The fraction of sp³-hybridized carbons (Fsp3) is 0.130. The Morgan fingerprint density at radius 3 is 2.48 bits per heavy atom. The topological polar surface area (TPSA) is 127 Å². The first-order valence-electron chi connectivity index (χ1n) is 9.95. The van der Waals surface area contributed by atoms with Gasteiger partial charge in [0.15, 0.2) is 0 Å². The van der Waals surface area contributed by atoms with E-state index in [1.165, 1.54) is 30.6 Å². The van der Waals surface area contributed by atoms with E-state index in [-0.39, 0.29) is 16.9 Å². The molecule has 3 aromatic rings. The Morgan fingerprint density at radius 2 is 1.82 bits per heavy atom. The summed E-state index contributed by atoms with van der Waals surface area (Å²) in [6.07, 6.45) is 4.26. The Labute approximate surface area is 188 Å². The zero-order chi connectivity index (χ0) is 23.9. The number of amides is 4. The van der Waals surface area contributed by atoms with Gasteiger partial charge in [-0.05, 0) is 56.7 Å². The third kappa shape index (κ3) is 3.78. The monoisotopic (exact) mass is 445 g/mol. The molecule has 0 saturated carbocycles. The number of hydrogen-bond acceptors (Lipinski definition) is 6. The second kappa shape index (κ2) is 8.15. The summed E-state index contributed by atoms with van der Waals surface area (Å²) in [4.78, 5) is 53.5. The Morgan fingerprint density at radius 1 is 1.06 bits per heavy atom. The standard InChI is InChI=1S/C23H19N5O5/c1-13-6-7-17(11-20(13)28(32)33)26-14(2)9-16(15(26)3)10-19-21(29)25-23(31)27(22(19)30)18-5-4-8-24-12-18/h4-12H,1-3H3,(H,25,29,31)/b19-10+. The molecule has 0 bridgehead atoms. The van der Waals surface area contributed by atoms with Crippen LogP contribution in [0.4, 0.5) is 16.2 Å². The molecular formula is C23H19N5O5. The van der Waals surface area contributed by atoms with Crippen molar-refractivity contribution in [2.45, 2.75) is 20.8 Å². The molecule has 1 aromatic carbocycles. The van der Waals surface area contributed by atoms with Crippen LogP contribution in [-0.2, 0) is 9.59 Å². The van der Waals surface area contributed by atoms with Crippen molar-refractivity contribution < 1.29 is 19.3 Å². The first kappa shape index (κ1) is 21.6. The van der Waals surface area contributed by atoms with Gasteiger partial charge in [-0.3, -0.25) is 30.0 Å². The predicted octanol–water partition coefficient (Wildman–Crippen LogP) is 3.37. The molecule has 2 aromatic heterocycles. The van der Waals surface area contributed by atoms with Crippen molar-refractivity contribution in [2.75, 3.05) is 4.90 Å². The Bertz CT molecular complexity index is 1360. The maximum absolute atomic E-state index is 13.0. The van der Waals surface area contributed by atoms with Crippen LogP contribution in [0, 0.1) is 30.9 Å². The van der Waals surface area contributed by atoms with E-state index >= 15 is 0 Å². The molecule has 0 spiro atoms. The molecule has 10 heteroatoms. The lowest BCUT2D eigenvalue weighted by atomic mass is 10.1. The van der Waals surface area contributed by atoms with E-state index in [2.05, 4.69) is 10.3 Å². The number of nitro benzene ring substituents is 1. The summed E-state index contributed by atoms with van der Waals surface area (Å²) >= 11 is 0. The molecule has 0 atom stereocenters.